The highest BCUT2D eigenvalue weighted by molar-refractivity contribution is 5.34. The smallest absolute Gasteiger partial charge is 0.0323 e. The summed E-state index contributed by atoms with van der Waals surface area (Å²) in [4.78, 5) is 0. The van der Waals surface area contributed by atoms with Gasteiger partial charge >= 0.3 is 0 Å². The van der Waals surface area contributed by atoms with Crippen LogP contribution in [0.5, 0.6) is 0 Å². The zero-order valence-electron chi connectivity index (χ0n) is 11.7. The summed E-state index contributed by atoms with van der Waals surface area (Å²) in [6.45, 7) is 6.42. The van der Waals surface area contributed by atoms with E-state index in [1.165, 1.54) is 30.4 Å². The molecule has 100 valence electrons. The molecule has 0 bridgehead atoms. The molecule has 2 nitrogen and oxygen atoms in total. The number of piperidine rings is 1. The first-order chi connectivity index (χ1) is 8.74. The SMILES string of the molecule is CC(C)[C@H](CN)c1ccccc1C1CCCCN1. The molecule has 3 N–H and O–H groups in total. The molecule has 1 fully saturated rings. The number of hydrogen-bond acceptors (Lipinski definition) is 2. The lowest BCUT2D eigenvalue weighted by Crippen LogP contribution is -2.29. The van der Waals surface area contributed by atoms with Crippen molar-refractivity contribution in [3.05, 3.63) is 35.4 Å². The van der Waals surface area contributed by atoms with Gasteiger partial charge in [0.1, 0.15) is 0 Å². The molecule has 2 atom stereocenters. The normalized spacial score (nSPS) is 22.1. The molecule has 2 rings (SSSR count). The van der Waals surface area contributed by atoms with Crippen LogP contribution in [-0.4, -0.2) is 13.1 Å². The zero-order chi connectivity index (χ0) is 13.0. The van der Waals surface area contributed by atoms with Crippen molar-refractivity contribution in [1.82, 2.24) is 5.32 Å². The third-order valence-corrected chi connectivity index (χ3v) is 4.14. The maximum Gasteiger partial charge on any atom is 0.0323 e. The Labute approximate surface area is 111 Å². The van der Waals surface area contributed by atoms with Crippen molar-refractivity contribution in [3.63, 3.8) is 0 Å². The van der Waals surface area contributed by atoms with Crippen LogP contribution < -0.4 is 11.1 Å². The Hall–Kier alpha value is -0.860. The molecule has 1 heterocycles. The lowest BCUT2D eigenvalue weighted by atomic mass is 9.82. The molecular weight excluding hydrogens is 220 g/mol. The molecule has 1 aromatic rings. The van der Waals surface area contributed by atoms with E-state index in [4.69, 9.17) is 5.73 Å². The zero-order valence-corrected chi connectivity index (χ0v) is 11.7. The number of hydrogen-bond donors (Lipinski definition) is 2. The van der Waals surface area contributed by atoms with E-state index in [1.807, 2.05) is 0 Å². The van der Waals surface area contributed by atoms with Crippen molar-refractivity contribution < 1.29 is 0 Å². The van der Waals surface area contributed by atoms with E-state index < -0.39 is 0 Å². The second kappa shape index (κ2) is 6.35. The number of benzene rings is 1. The maximum absolute atomic E-state index is 5.98. The van der Waals surface area contributed by atoms with Gasteiger partial charge in [-0.15, -0.1) is 0 Å². The summed E-state index contributed by atoms with van der Waals surface area (Å²) in [5.74, 6) is 1.07. The van der Waals surface area contributed by atoms with Crippen molar-refractivity contribution in [2.24, 2.45) is 11.7 Å². The molecule has 0 aliphatic carbocycles. The molecular formula is C16H26N2. The fraction of sp³-hybridized carbons (Fsp3) is 0.625. The van der Waals surface area contributed by atoms with Gasteiger partial charge in [0.2, 0.25) is 0 Å². The van der Waals surface area contributed by atoms with E-state index >= 15 is 0 Å². The Bertz CT molecular complexity index is 367. The largest absolute Gasteiger partial charge is 0.330 e. The van der Waals surface area contributed by atoms with Crippen molar-refractivity contribution in [2.75, 3.05) is 13.1 Å². The third-order valence-electron chi connectivity index (χ3n) is 4.14. The Morgan fingerprint density at radius 3 is 2.67 bits per heavy atom. The molecule has 1 aromatic carbocycles. The van der Waals surface area contributed by atoms with Crippen LogP contribution in [0.4, 0.5) is 0 Å². The van der Waals surface area contributed by atoms with Crippen LogP contribution in [0.2, 0.25) is 0 Å². The number of rotatable bonds is 4. The predicted octanol–water partition coefficient (Wildman–Crippen LogP) is 3.20. The van der Waals surface area contributed by atoms with Gasteiger partial charge in [-0.2, -0.15) is 0 Å². The van der Waals surface area contributed by atoms with Gasteiger partial charge in [0, 0.05) is 6.04 Å². The van der Waals surface area contributed by atoms with Crippen molar-refractivity contribution in [1.29, 1.82) is 0 Å². The van der Waals surface area contributed by atoms with E-state index in [2.05, 4.69) is 43.4 Å². The fourth-order valence-electron chi connectivity index (χ4n) is 3.04. The van der Waals surface area contributed by atoms with Crippen molar-refractivity contribution in [2.45, 2.75) is 45.1 Å². The second-order valence-electron chi connectivity index (χ2n) is 5.72. The van der Waals surface area contributed by atoms with Gasteiger partial charge in [-0.05, 0) is 48.9 Å². The molecule has 1 unspecified atom stereocenters. The van der Waals surface area contributed by atoms with Gasteiger partial charge in [0.25, 0.3) is 0 Å². The molecule has 2 heteroatoms. The van der Waals surface area contributed by atoms with Crippen LogP contribution in [0.1, 0.15) is 56.2 Å². The van der Waals surface area contributed by atoms with Gasteiger partial charge in [-0.3, -0.25) is 0 Å². The monoisotopic (exact) mass is 246 g/mol. The molecule has 0 amide bonds. The minimum atomic E-state index is 0.477. The minimum absolute atomic E-state index is 0.477. The molecule has 1 aliphatic rings. The summed E-state index contributed by atoms with van der Waals surface area (Å²) in [6, 6.07) is 9.38. The van der Waals surface area contributed by atoms with E-state index in [0.717, 1.165) is 13.1 Å². The lowest BCUT2D eigenvalue weighted by Gasteiger charge is -2.29. The third kappa shape index (κ3) is 2.93. The van der Waals surface area contributed by atoms with E-state index in [-0.39, 0.29) is 0 Å². The molecule has 18 heavy (non-hydrogen) atoms. The van der Waals surface area contributed by atoms with Crippen LogP contribution in [0.25, 0.3) is 0 Å². The first-order valence-corrected chi connectivity index (χ1v) is 7.26. The molecule has 0 aromatic heterocycles. The van der Waals surface area contributed by atoms with E-state index in [9.17, 15) is 0 Å². The second-order valence-corrected chi connectivity index (χ2v) is 5.72. The lowest BCUT2D eigenvalue weighted by molar-refractivity contribution is 0.404. The summed E-state index contributed by atoms with van der Waals surface area (Å²) in [5.41, 5.74) is 8.91. The molecule has 0 saturated carbocycles. The highest BCUT2D eigenvalue weighted by atomic mass is 14.9. The van der Waals surface area contributed by atoms with E-state index in [1.54, 1.807) is 0 Å². The average molecular weight is 246 g/mol. The van der Waals surface area contributed by atoms with Crippen LogP contribution in [-0.2, 0) is 0 Å². The molecule has 0 spiro atoms. The summed E-state index contributed by atoms with van der Waals surface area (Å²) in [7, 11) is 0. The molecule has 1 aliphatic heterocycles. The summed E-state index contributed by atoms with van der Waals surface area (Å²) >= 11 is 0. The first-order valence-electron chi connectivity index (χ1n) is 7.26. The van der Waals surface area contributed by atoms with Crippen LogP contribution in [0.15, 0.2) is 24.3 Å². The minimum Gasteiger partial charge on any atom is -0.330 e. The number of nitrogens with one attached hydrogen (secondary N) is 1. The quantitative estimate of drug-likeness (QED) is 0.856. The average Bonchev–Trinajstić information content (AvgIpc) is 2.41. The Morgan fingerprint density at radius 2 is 2.06 bits per heavy atom. The van der Waals surface area contributed by atoms with E-state index in [0.29, 0.717) is 17.9 Å². The summed E-state index contributed by atoms with van der Waals surface area (Å²) in [5, 5.41) is 3.65. The van der Waals surface area contributed by atoms with Crippen LogP contribution in [0, 0.1) is 5.92 Å². The van der Waals surface area contributed by atoms with Gasteiger partial charge in [0.05, 0.1) is 0 Å². The summed E-state index contributed by atoms with van der Waals surface area (Å²) < 4.78 is 0. The van der Waals surface area contributed by atoms with Crippen LogP contribution in [0.3, 0.4) is 0 Å². The standard InChI is InChI=1S/C16H26N2/c1-12(2)15(11-17)13-7-3-4-8-14(13)16-9-5-6-10-18-16/h3-4,7-8,12,15-16,18H,5-6,9-11,17H2,1-2H3/t15-,16?/m0/s1. The predicted molar refractivity (Wildman–Crippen MR) is 77.7 cm³/mol. The van der Waals surface area contributed by atoms with Gasteiger partial charge < -0.3 is 11.1 Å². The Kier molecular flexibility index (Phi) is 4.79. The first kappa shape index (κ1) is 13.6. The Balaban J connectivity index is 2.29. The highest BCUT2D eigenvalue weighted by Crippen LogP contribution is 2.32. The van der Waals surface area contributed by atoms with Gasteiger partial charge in [0.15, 0.2) is 0 Å². The summed E-state index contributed by atoms with van der Waals surface area (Å²) in [6.07, 6.45) is 3.90. The topological polar surface area (TPSA) is 38.0 Å². The Morgan fingerprint density at radius 1 is 1.28 bits per heavy atom. The fourth-order valence-corrected chi connectivity index (χ4v) is 3.04. The molecule has 1 saturated heterocycles. The van der Waals surface area contributed by atoms with Crippen molar-refractivity contribution in [3.8, 4) is 0 Å². The maximum atomic E-state index is 5.98. The van der Waals surface area contributed by atoms with Crippen LogP contribution >= 0.6 is 0 Å². The number of nitrogens with two attached hydrogens (primary N) is 1. The van der Waals surface area contributed by atoms with Gasteiger partial charge in [-0.1, -0.05) is 44.5 Å². The highest BCUT2D eigenvalue weighted by Gasteiger charge is 2.22. The van der Waals surface area contributed by atoms with Crippen molar-refractivity contribution >= 4 is 0 Å². The molecule has 0 radical (unpaired) electrons. The van der Waals surface area contributed by atoms with Gasteiger partial charge in [-0.25, -0.2) is 0 Å².